The standard InChI is InChI=1S/C24H31N3O4/c1-18(2)23(29)31-16-15-27-24(30)26-14-8-4-3-7-13-25-22(28)21-12-11-19-9-5-6-10-20(19)17-21/h5-6,9-12,17H,1,3-4,7-8,13-16H2,2H3,(H,25,28)(H2,26,27,30). The van der Waals surface area contributed by atoms with Crippen LogP contribution in [0.4, 0.5) is 4.79 Å². The first kappa shape index (κ1) is 23.9. The molecular formula is C24H31N3O4. The Morgan fingerprint density at radius 2 is 1.48 bits per heavy atom. The highest BCUT2D eigenvalue weighted by atomic mass is 16.5. The van der Waals surface area contributed by atoms with E-state index in [1.54, 1.807) is 6.92 Å². The molecule has 0 spiro atoms. The van der Waals surface area contributed by atoms with Gasteiger partial charge in [0.05, 0.1) is 6.54 Å². The molecule has 2 aromatic rings. The zero-order chi connectivity index (χ0) is 22.5. The van der Waals surface area contributed by atoms with Crippen LogP contribution in [-0.4, -0.2) is 44.1 Å². The monoisotopic (exact) mass is 425 g/mol. The SMILES string of the molecule is C=C(C)C(=O)OCCNC(=O)NCCCCCCNC(=O)c1ccc2ccccc2c1. The van der Waals surface area contributed by atoms with Crippen molar-refractivity contribution in [1.82, 2.24) is 16.0 Å². The van der Waals surface area contributed by atoms with Crippen LogP contribution in [0.15, 0.2) is 54.6 Å². The van der Waals surface area contributed by atoms with Crippen LogP contribution in [0.1, 0.15) is 43.0 Å². The predicted molar refractivity (Wildman–Crippen MR) is 122 cm³/mol. The first-order valence-corrected chi connectivity index (χ1v) is 10.6. The quantitative estimate of drug-likeness (QED) is 0.275. The second-order valence-electron chi connectivity index (χ2n) is 7.33. The summed E-state index contributed by atoms with van der Waals surface area (Å²) >= 11 is 0. The van der Waals surface area contributed by atoms with E-state index in [-0.39, 0.29) is 25.1 Å². The van der Waals surface area contributed by atoms with Crippen molar-refractivity contribution < 1.29 is 19.1 Å². The van der Waals surface area contributed by atoms with Crippen molar-refractivity contribution >= 4 is 28.7 Å². The fourth-order valence-corrected chi connectivity index (χ4v) is 2.93. The number of nitrogens with one attached hydrogen (secondary N) is 3. The number of urea groups is 1. The highest BCUT2D eigenvalue weighted by molar-refractivity contribution is 5.98. The van der Waals surface area contributed by atoms with Crippen LogP contribution in [0.5, 0.6) is 0 Å². The van der Waals surface area contributed by atoms with Gasteiger partial charge in [0.15, 0.2) is 0 Å². The third-order valence-corrected chi connectivity index (χ3v) is 4.66. The van der Waals surface area contributed by atoms with Crippen LogP contribution in [0.2, 0.25) is 0 Å². The lowest BCUT2D eigenvalue weighted by molar-refractivity contribution is -0.138. The summed E-state index contributed by atoms with van der Waals surface area (Å²) in [6, 6.07) is 13.4. The molecule has 0 bridgehead atoms. The summed E-state index contributed by atoms with van der Waals surface area (Å²) in [6.07, 6.45) is 3.68. The van der Waals surface area contributed by atoms with E-state index in [0.29, 0.717) is 24.2 Å². The summed E-state index contributed by atoms with van der Waals surface area (Å²) in [5.41, 5.74) is 1.00. The van der Waals surface area contributed by atoms with E-state index in [2.05, 4.69) is 22.5 Å². The van der Waals surface area contributed by atoms with Gasteiger partial charge in [-0.15, -0.1) is 0 Å². The number of amides is 3. The fourth-order valence-electron chi connectivity index (χ4n) is 2.93. The number of hydrogen-bond acceptors (Lipinski definition) is 4. The number of carbonyl (C=O) groups is 3. The molecular weight excluding hydrogens is 394 g/mol. The molecule has 0 radical (unpaired) electrons. The molecule has 2 rings (SSSR count). The van der Waals surface area contributed by atoms with Gasteiger partial charge in [0.2, 0.25) is 0 Å². The number of benzene rings is 2. The number of ether oxygens (including phenoxy) is 1. The van der Waals surface area contributed by atoms with Crippen LogP contribution in [0.25, 0.3) is 10.8 Å². The molecule has 3 N–H and O–H groups in total. The van der Waals surface area contributed by atoms with E-state index in [4.69, 9.17) is 4.74 Å². The van der Waals surface area contributed by atoms with E-state index >= 15 is 0 Å². The number of carbonyl (C=O) groups excluding carboxylic acids is 3. The molecule has 0 atom stereocenters. The third-order valence-electron chi connectivity index (χ3n) is 4.66. The van der Waals surface area contributed by atoms with Crippen LogP contribution < -0.4 is 16.0 Å². The lowest BCUT2D eigenvalue weighted by atomic mass is 10.1. The summed E-state index contributed by atoms with van der Waals surface area (Å²) in [5.74, 6) is -0.520. The summed E-state index contributed by atoms with van der Waals surface area (Å²) in [6.45, 7) is 6.62. The molecule has 7 heteroatoms. The Morgan fingerprint density at radius 3 is 2.19 bits per heavy atom. The van der Waals surface area contributed by atoms with Gasteiger partial charge < -0.3 is 20.7 Å². The number of hydrogen-bond donors (Lipinski definition) is 3. The maximum atomic E-state index is 12.3. The van der Waals surface area contributed by atoms with Crippen LogP contribution >= 0.6 is 0 Å². The second kappa shape index (κ2) is 13.1. The van der Waals surface area contributed by atoms with Crippen molar-refractivity contribution in [3.8, 4) is 0 Å². The minimum absolute atomic E-state index is 0.0574. The molecule has 3 amide bonds. The van der Waals surface area contributed by atoms with Gasteiger partial charge in [-0.2, -0.15) is 0 Å². The Balaban J connectivity index is 1.48. The molecule has 2 aromatic carbocycles. The lowest BCUT2D eigenvalue weighted by Gasteiger charge is -2.09. The van der Waals surface area contributed by atoms with Gasteiger partial charge in [-0.25, -0.2) is 9.59 Å². The molecule has 0 fully saturated rings. The third kappa shape index (κ3) is 8.90. The van der Waals surface area contributed by atoms with E-state index in [0.717, 1.165) is 36.5 Å². The van der Waals surface area contributed by atoms with Gasteiger partial charge in [-0.05, 0) is 42.7 Å². The summed E-state index contributed by atoms with van der Waals surface area (Å²) in [5, 5.41) is 10.5. The molecule has 0 aliphatic carbocycles. The predicted octanol–water partition coefficient (Wildman–Crippen LogP) is 3.55. The maximum absolute atomic E-state index is 12.3. The first-order chi connectivity index (χ1) is 15.0. The number of rotatable bonds is 12. The van der Waals surface area contributed by atoms with Crippen molar-refractivity contribution in [3.05, 3.63) is 60.2 Å². The van der Waals surface area contributed by atoms with Gasteiger partial charge in [0.1, 0.15) is 6.61 Å². The fraction of sp³-hybridized carbons (Fsp3) is 0.375. The largest absolute Gasteiger partial charge is 0.460 e. The van der Waals surface area contributed by atoms with Gasteiger partial charge in [-0.1, -0.05) is 49.8 Å². The molecule has 0 aliphatic rings. The second-order valence-corrected chi connectivity index (χ2v) is 7.33. The highest BCUT2D eigenvalue weighted by Gasteiger charge is 2.06. The zero-order valence-electron chi connectivity index (χ0n) is 18.0. The zero-order valence-corrected chi connectivity index (χ0v) is 18.0. The van der Waals surface area contributed by atoms with Crippen molar-refractivity contribution in [1.29, 1.82) is 0 Å². The Hall–Kier alpha value is -3.35. The van der Waals surface area contributed by atoms with Gasteiger partial charge in [0.25, 0.3) is 5.91 Å². The minimum Gasteiger partial charge on any atom is -0.460 e. The lowest BCUT2D eigenvalue weighted by Crippen LogP contribution is -2.38. The summed E-state index contributed by atoms with van der Waals surface area (Å²) < 4.78 is 4.89. The highest BCUT2D eigenvalue weighted by Crippen LogP contribution is 2.15. The normalized spacial score (nSPS) is 10.4. The summed E-state index contributed by atoms with van der Waals surface area (Å²) in [7, 11) is 0. The van der Waals surface area contributed by atoms with Crippen molar-refractivity contribution in [2.45, 2.75) is 32.6 Å². The van der Waals surface area contributed by atoms with Crippen LogP contribution in [-0.2, 0) is 9.53 Å². The smallest absolute Gasteiger partial charge is 0.333 e. The van der Waals surface area contributed by atoms with Crippen LogP contribution in [0, 0.1) is 0 Å². The van der Waals surface area contributed by atoms with E-state index in [1.165, 1.54) is 0 Å². The van der Waals surface area contributed by atoms with Crippen molar-refractivity contribution in [2.24, 2.45) is 0 Å². The number of unbranched alkanes of at least 4 members (excludes halogenated alkanes) is 3. The van der Waals surface area contributed by atoms with E-state index in [1.807, 2.05) is 42.5 Å². The van der Waals surface area contributed by atoms with Crippen LogP contribution in [0.3, 0.4) is 0 Å². The van der Waals surface area contributed by atoms with Crippen molar-refractivity contribution in [2.75, 3.05) is 26.2 Å². The first-order valence-electron chi connectivity index (χ1n) is 10.6. The Bertz CT molecular complexity index is 911. The number of esters is 1. The molecule has 7 nitrogen and oxygen atoms in total. The summed E-state index contributed by atoms with van der Waals surface area (Å²) in [4.78, 5) is 35.1. The van der Waals surface area contributed by atoms with Gasteiger partial charge in [-0.3, -0.25) is 4.79 Å². The maximum Gasteiger partial charge on any atom is 0.333 e. The van der Waals surface area contributed by atoms with E-state index < -0.39 is 5.97 Å². The minimum atomic E-state index is -0.462. The molecule has 166 valence electrons. The van der Waals surface area contributed by atoms with Gasteiger partial charge >= 0.3 is 12.0 Å². The topological polar surface area (TPSA) is 96.5 Å². The molecule has 0 saturated carbocycles. The Morgan fingerprint density at radius 1 is 0.839 bits per heavy atom. The molecule has 0 unspecified atom stereocenters. The van der Waals surface area contributed by atoms with Gasteiger partial charge in [0, 0.05) is 24.2 Å². The molecule has 0 saturated heterocycles. The molecule has 0 aliphatic heterocycles. The Kier molecular flexibility index (Phi) is 10.1. The van der Waals surface area contributed by atoms with E-state index in [9.17, 15) is 14.4 Å². The van der Waals surface area contributed by atoms with Crippen molar-refractivity contribution in [3.63, 3.8) is 0 Å². The molecule has 0 aromatic heterocycles. The Labute approximate surface area is 183 Å². The molecule has 0 heterocycles. The number of fused-ring (bicyclic) bond motifs is 1. The average Bonchev–Trinajstić information content (AvgIpc) is 2.77. The average molecular weight is 426 g/mol. The molecule has 31 heavy (non-hydrogen) atoms.